The Labute approximate surface area is 135 Å². The Morgan fingerprint density at radius 2 is 1.39 bits per heavy atom. The van der Waals surface area contributed by atoms with Gasteiger partial charge in [0.2, 0.25) is 0 Å². The van der Waals surface area contributed by atoms with E-state index in [1.54, 1.807) is 24.3 Å². The summed E-state index contributed by atoms with van der Waals surface area (Å²) in [6, 6.07) is 12.6. The third-order valence-electron chi connectivity index (χ3n) is 4.69. The first kappa shape index (κ1) is 16.1. The maximum absolute atomic E-state index is 13.2. The van der Waals surface area contributed by atoms with Gasteiger partial charge < -0.3 is 10.4 Å². The normalized spacial score (nSPS) is 15.8. The van der Waals surface area contributed by atoms with Crippen molar-refractivity contribution in [2.45, 2.75) is 25.3 Å². The Kier molecular flexibility index (Phi) is 4.74. The molecule has 1 saturated carbocycles. The first-order valence-electron chi connectivity index (χ1n) is 7.97. The summed E-state index contributed by atoms with van der Waals surface area (Å²) < 4.78 is 26.4. The van der Waals surface area contributed by atoms with Gasteiger partial charge >= 0.3 is 0 Å². The first-order valence-corrected chi connectivity index (χ1v) is 7.97. The molecule has 0 spiro atoms. The highest BCUT2D eigenvalue weighted by Gasteiger charge is 2.41. The number of benzene rings is 2. The van der Waals surface area contributed by atoms with Crippen molar-refractivity contribution in [1.82, 2.24) is 5.32 Å². The third kappa shape index (κ3) is 3.95. The number of hydrogen-bond acceptors (Lipinski definition) is 2. The van der Waals surface area contributed by atoms with E-state index < -0.39 is 0 Å². The lowest BCUT2D eigenvalue weighted by molar-refractivity contribution is 0.243. The highest BCUT2D eigenvalue weighted by atomic mass is 19.1. The van der Waals surface area contributed by atoms with Gasteiger partial charge in [-0.15, -0.1) is 0 Å². The summed E-state index contributed by atoms with van der Waals surface area (Å²) in [7, 11) is 0. The van der Waals surface area contributed by atoms with Crippen LogP contribution in [0.2, 0.25) is 0 Å². The van der Waals surface area contributed by atoms with Crippen LogP contribution in [-0.2, 0) is 0 Å². The number of aliphatic hydroxyl groups excluding tert-OH is 1. The number of nitrogens with one attached hydrogen (secondary N) is 1. The largest absolute Gasteiger partial charge is 0.396 e. The molecule has 0 bridgehead atoms. The average molecular weight is 317 g/mol. The van der Waals surface area contributed by atoms with Crippen LogP contribution in [0.4, 0.5) is 8.78 Å². The van der Waals surface area contributed by atoms with Gasteiger partial charge in [0.25, 0.3) is 0 Å². The predicted octanol–water partition coefficient (Wildman–Crippen LogP) is 3.81. The zero-order valence-electron chi connectivity index (χ0n) is 12.9. The molecule has 0 aliphatic heterocycles. The molecule has 0 atom stereocenters. The molecule has 1 aliphatic rings. The van der Waals surface area contributed by atoms with Crippen molar-refractivity contribution in [3.05, 3.63) is 71.3 Å². The van der Waals surface area contributed by atoms with Gasteiger partial charge in [-0.1, -0.05) is 24.3 Å². The van der Waals surface area contributed by atoms with Gasteiger partial charge in [0.05, 0.1) is 6.04 Å². The van der Waals surface area contributed by atoms with Crippen LogP contribution in [0, 0.1) is 17.0 Å². The Balaban J connectivity index is 1.81. The molecule has 122 valence electrons. The first-order chi connectivity index (χ1) is 11.1. The van der Waals surface area contributed by atoms with Crippen LogP contribution in [0.25, 0.3) is 0 Å². The summed E-state index contributed by atoms with van der Waals surface area (Å²) in [5.74, 6) is -0.545. The number of hydrogen-bond donors (Lipinski definition) is 2. The smallest absolute Gasteiger partial charge is 0.123 e. The molecule has 2 aromatic carbocycles. The number of aliphatic hydroxyl groups is 1. The van der Waals surface area contributed by atoms with Gasteiger partial charge in [-0.2, -0.15) is 0 Å². The quantitative estimate of drug-likeness (QED) is 0.814. The second-order valence-corrected chi connectivity index (χ2v) is 6.39. The molecule has 0 aromatic heterocycles. The molecule has 3 rings (SSSR count). The molecule has 0 amide bonds. The standard InChI is InChI=1S/C19H21F2NO/c20-16-5-1-14(2-6-16)18(15-3-7-17(21)8-4-15)22-13-19(9-10-19)11-12-23/h1-8,18,22-23H,9-13H2. The molecule has 0 radical (unpaired) electrons. The van der Waals surface area contributed by atoms with E-state index in [9.17, 15) is 13.9 Å². The van der Waals surface area contributed by atoms with E-state index in [2.05, 4.69) is 5.32 Å². The van der Waals surface area contributed by atoms with E-state index in [0.717, 1.165) is 36.9 Å². The van der Waals surface area contributed by atoms with Crippen molar-refractivity contribution in [3.63, 3.8) is 0 Å². The third-order valence-corrected chi connectivity index (χ3v) is 4.69. The minimum absolute atomic E-state index is 0.118. The molecule has 23 heavy (non-hydrogen) atoms. The van der Waals surface area contributed by atoms with Crippen LogP contribution < -0.4 is 5.32 Å². The minimum atomic E-state index is -0.273. The van der Waals surface area contributed by atoms with Crippen LogP contribution in [0.15, 0.2) is 48.5 Å². The molecule has 2 aromatic rings. The van der Waals surface area contributed by atoms with Gasteiger partial charge in [0, 0.05) is 13.2 Å². The molecule has 1 fully saturated rings. The van der Waals surface area contributed by atoms with E-state index in [1.807, 2.05) is 0 Å². The molecular weight excluding hydrogens is 296 g/mol. The van der Waals surface area contributed by atoms with Crippen LogP contribution in [0.5, 0.6) is 0 Å². The monoisotopic (exact) mass is 317 g/mol. The van der Waals surface area contributed by atoms with E-state index in [0.29, 0.717) is 0 Å². The summed E-state index contributed by atoms with van der Waals surface area (Å²) in [6.07, 6.45) is 3.01. The van der Waals surface area contributed by atoms with Crippen LogP contribution in [0.1, 0.15) is 36.4 Å². The highest BCUT2D eigenvalue weighted by Crippen LogP contribution is 2.48. The maximum atomic E-state index is 13.2. The molecule has 1 aliphatic carbocycles. The summed E-state index contributed by atoms with van der Waals surface area (Å²) in [5.41, 5.74) is 2.06. The SMILES string of the molecule is OCCC1(CNC(c2ccc(F)cc2)c2ccc(F)cc2)CC1. The van der Waals surface area contributed by atoms with Gasteiger partial charge in [0.15, 0.2) is 0 Å². The van der Waals surface area contributed by atoms with Crippen molar-refractivity contribution in [2.75, 3.05) is 13.2 Å². The van der Waals surface area contributed by atoms with Crippen LogP contribution in [0.3, 0.4) is 0 Å². The van der Waals surface area contributed by atoms with Crippen LogP contribution in [-0.4, -0.2) is 18.3 Å². The average Bonchev–Trinajstić information content (AvgIpc) is 3.31. The molecule has 2 nitrogen and oxygen atoms in total. The van der Waals surface area contributed by atoms with Gasteiger partial charge in [-0.3, -0.25) is 0 Å². The van der Waals surface area contributed by atoms with E-state index in [4.69, 9.17) is 0 Å². The predicted molar refractivity (Wildman–Crippen MR) is 86.0 cm³/mol. The Morgan fingerprint density at radius 1 is 0.913 bits per heavy atom. The molecule has 0 heterocycles. The van der Waals surface area contributed by atoms with Crippen molar-refractivity contribution in [1.29, 1.82) is 0 Å². The van der Waals surface area contributed by atoms with E-state index >= 15 is 0 Å². The van der Waals surface area contributed by atoms with E-state index in [1.165, 1.54) is 24.3 Å². The lowest BCUT2D eigenvalue weighted by Gasteiger charge is -2.23. The number of rotatable bonds is 7. The Bertz CT molecular complexity index is 590. The molecule has 0 saturated heterocycles. The lowest BCUT2D eigenvalue weighted by atomic mass is 9.96. The summed E-state index contributed by atoms with van der Waals surface area (Å²) in [4.78, 5) is 0. The summed E-state index contributed by atoms with van der Waals surface area (Å²) >= 11 is 0. The van der Waals surface area contributed by atoms with Crippen molar-refractivity contribution < 1.29 is 13.9 Å². The van der Waals surface area contributed by atoms with Crippen molar-refractivity contribution >= 4 is 0 Å². The van der Waals surface area contributed by atoms with Crippen molar-refractivity contribution in [3.8, 4) is 0 Å². The maximum Gasteiger partial charge on any atom is 0.123 e. The Hall–Kier alpha value is -1.78. The fourth-order valence-corrected chi connectivity index (χ4v) is 2.99. The molecular formula is C19H21F2NO. The van der Waals surface area contributed by atoms with Gasteiger partial charge in [-0.05, 0) is 60.1 Å². The summed E-state index contributed by atoms with van der Waals surface area (Å²) in [5, 5.41) is 12.7. The van der Waals surface area contributed by atoms with Gasteiger partial charge in [0.1, 0.15) is 11.6 Å². The molecule has 2 N–H and O–H groups in total. The minimum Gasteiger partial charge on any atom is -0.396 e. The van der Waals surface area contributed by atoms with Crippen molar-refractivity contribution in [2.24, 2.45) is 5.41 Å². The zero-order valence-corrected chi connectivity index (χ0v) is 12.9. The lowest BCUT2D eigenvalue weighted by Crippen LogP contribution is -2.29. The fraction of sp³-hybridized carbons (Fsp3) is 0.368. The second kappa shape index (κ2) is 6.77. The summed E-state index contributed by atoms with van der Waals surface area (Å²) in [6.45, 7) is 0.979. The van der Waals surface area contributed by atoms with Crippen LogP contribution >= 0.6 is 0 Å². The zero-order chi connectivity index (χ0) is 16.3. The fourth-order valence-electron chi connectivity index (χ4n) is 2.99. The number of halogens is 2. The second-order valence-electron chi connectivity index (χ2n) is 6.39. The Morgan fingerprint density at radius 3 is 1.78 bits per heavy atom. The van der Waals surface area contributed by atoms with Gasteiger partial charge in [-0.25, -0.2) is 8.78 Å². The topological polar surface area (TPSA) is 32.3 Å². The molecule has 0 unspecified atom stereocenters. The highest BCUT2D eigenvalue weighted by molar-refractivity contribution is 5.32. The van der Waals surface area contributed by atoms with E-state index in [-0.39, 0.29) is 29.7 Å². The molecule has 4 heteroatoms.